The zero-order valence-corrected chi connectivity index (χ0v) is 12.7. The summed E-state index contributed by atoms with van der Waals surface area (Å²) in [4.78, 5) is 2.88. The second kappa shape index (κ2) is 5.92. The fourth-order valence-electron chi connectivity index (χ4n) is 4.28. The largest absolute Gasteiger partial charge is 0.328 e. The normalized spacial score (nSPS) is 33.0. The monoisotopic (exact) mass is 252 g/mol. The number of rotatable bonds is 5. The highest BCUT2D eigenvalue weighted by Crippen LogP contribution is 2.39. The first-order chi connectivity index (χ1) is 8.47. The summed E-state index contributed by atoms with van der Waals surface area (Å²) < 4.78 is 0. The molecule has 0 aromatic rings. The maximum atomic E-state index is 6.19. The molecule has 2 unspecified atom stereocenters. The number of hydrogen-bond acceptors (Lipinski definition) is 2. The van der Waals surface area contributed by atoms with Crippen molar-refractivity contribution in [2.45, 2.75) is 90.4 Å². The highest BCUT2D eigenvalue weighted by Gasteiger charge is 2.42. The summed E-state index contributed by atoms with van der Waals surface area (Å²) in [5.74, 6) is 1.62. The minimum atomic E-state index is 0.470. The van der Waals surface area contributed by atoms with Gasteiger partial charge in [0.2, 0.25) is 0 Å². The van der Waals surface area contributed by atoms with Crippen LogP contribution in [0.5, 0.6) is 0 Å². The van der Waals surface area contributed by atoms with E-state index in [1.165, 1.54) is 38.5 Å². The molecule has 2 N–H and O–H groups in total. The number of piperidine rings is 1. The van der Waals surface area contributed by atoms with Crippen molar-refractivity contribution in [1.82, 2.24) is 4.90 Å². The van der Waals surface area contributed by atoms with Crippen LogP contribution >= 0.6 is 0 Å². The number of nitrogens with zero attached hydrogens (tertiary/aromatic N) is 1. The lowest BCUT2D eigenvalue weighted by Gasteiger charge is -2.44. The van der Waals surface area contributed by atoms with Crippen molar-refractivity contribution in [2.75, 3.05) is 0 Å². The lowest BCUT2D eigenvalue weighted by molar-refractivity contribution is 0.0556. The van der Waals surface area contributed by atoms with Crippen molar-refractivity contribution in [1.29, 1.82) is 0 Å². The molecule has 0 aliphatic carbocycles. The minimum absolute atomic E-state index is 0.470. The maximum absolute atomic E-state index is 6.19. The fourth-order valence-corrected chi connectivity index (χ4v) is 4.28. The Morgan fingerprint density at radius 3 is 1.78 bits per heavy atom. The summed E-state index contributed by atoms with van der Waals surface area (Å²) in [7, 11) is 0. The Kier molecular flexibility index (Phi) is 4.71. The molecule has 2 atom stereocenters. The molecule has 0 amide bonds. The highest BCUT2D eigenvalue weighted by molar-refractivity contribution is 4.99. The van der Waals surface area contributed by atoms with Crippen molar-refractivity contribution < 1.29 is 0 Å². The third kappa shape index (κ3) is 3.27. The van der Waals surface area contributed by atoms with Crippen LogP contribution in [0.25, 0.3) is 0 Å². The van der Waals surface area contributed by atoms with E-state index in [4.69, 9.17) is 5.73 Å². The van der Waals surface area contributed by atoms with Gasteiger partial charge in [0.1, 0.15) is 0 Å². The van der Waals surface area contributed by atoms with E-state index in [0.717, 1.165) is 30.0 Å². The molecule has 0 aromatic carbocycles. The van der Waals surface area contributed by atoms with Crippen LogP contribution in [0.15, 0.2) is 0 Å². The Hall–Kier alpha value is -0.0800. The van der Waals surface area contributed by atoms with Gasteiger partial charge in [-0.25, -0.2) is 0 Å². The van der Waals surface area contributed by atoms with Gasteiger partial charge < -0.3 is 5.73 Å². The van der Waals surface area contributed by atoms with Crippen LogP contribution in [0.4, 0.5) is 0 Å². The first-order valence-electron chi connectivity index (χ1n) is 8.00. The minimum Gasteiger partial charge on any atom is -0.328 e. The molecule has 2 fully saturated rings. The van der Waals surface area contributed by atoms with Gasteiger partial charge in [0.05, 0.1) is 0 Å². The van der Waals surface area contributed by atoms with Gasteiger partial charge in [-0.3, -0.25) is 4.90 Å². The molecule has 106 valence electrons. The standard InChI is InChI=1S/C16H32N2/c1-11(2)7-16(8-12(3)4)18-14-5-6-15(18)10-13(17)9-14/h11-16H,5-10,17H2,1-4H3. The molecule has 2 bridgehead atoms. The van der Waals surface area contributed by atoms with E-state index < -0.39 is 0 Å². The molecule has 18 heavy (non-hydrogen) atoms. The van der Waals surface area contributed by atoms with Crippen molar-refractivity contribution in [3.8, 4) is 0 Å². The fraction of sp³-hybridized carbons (Fsp3) is 1.00. The van der Waals surface area contributed by atoms with E-state index in [1.807, 2.05) is 0 Å². The number of hydrogen-bond donors (Lipinski definition) is 1. The van der Waals surface area contributed by atoms with E-state index in [9.17, 15) is 0 Å². The molecular weight excluding hydrogens is 220 g/mol. The summed E-state index contributed by atoms with van der Waals surface area (Å²) in [5, 5.41) is 0. The molecule has 2 aliphatic heterocycles. The molecular formula is C16H32N2. The average molecular weight is 252 g/mol. The van der Waals surface area contributed by atoms with Gasteiger partial charge in [-0.2, -0.15) is 0 Å². The lowest BCUT2D eigenvalue weighted by Crippen LogP contribution is -2.52. The lowest BCUT2D eigenvalue weighted by atomic mass is 9.89. The van der Waals surface area contributed by atoms with E-state index in [-0.39, 0.29) is 0 Å². The molecule has 0 aromatic heterocycles. The molecule has 2 heteroatoms. The first kappa shape index (κ1) is 14.3. The summed E-state index contributed by atoms with van der Waals surface area (Å²) >= 11 is 0. The Morgan fingerprint density at radius 2 is 1.39 bits per heavy atom. The van der Waals surface area contributed by atoms with Crippen LogP contribution in [0, 0.1) is 11.8 Å². The SMILES string of the molecule is CC(C)CC(CC(C)C)N1C2CCC1CC(N)C2. The van der Waals surface area contributed by atoms with Crippen LogP contribution in [0.1, 0.15) is 66.2 Å². The smallest absolute Gasteiger partial charge is 0.0116 e. The second-order valence-electron chi connectivity index (χ2n) is 7.48. The molecule has 2 saturated heterocycles. The van der Waals surface area contributed by atoms with E-state index in [2.05, 4.69) is 32.6 Å². The molecule has 2 rings (SSSR count). The predicted octanol–water partition coefficient (Wildman–Crippen LogP) is 3.40. The number of fused-ring (bicyclic) bond motifs is 2. The molecule has 0 saturated carbocycles. The van der Waals surface area contributed by atoms with E-state index >= 15 is 0 Å². The molecule has 0 spiro atoms. The predicted molar refractivity (Wildman–Crippen MR) is 78.6 cm³/mol. The maximum Gasteiger partial charge on any atom is 0.0116 e. The van der Waals surface area contributed by atoms with E-state index in [0.29, 0.717) is 6.04 Å². The zero-order chi connectivity index (χ0) is 13.3. The molecule has 2 nitrogen and oxygen atoms in total. The van der Waals surface area contributed by atoms with Gasteiger partial charge in [-0.15, -0.1) is 0 Å². The van der Waals surface area contributed by atoms with Gasteiger partial charge in [0.15, 0.2) is 0 Å². The Labute approximate surface area is 113 Å². The van der Waals surface area contributed by atoms with Crippen molar-refractivity contribution in [3.63, 3.8) is 0 Å². The first-order valence-corrected chi connectivity index (χ1v) is 8.00. The van der Waals surface area contributed by atoms with Crippen molar-refractivity contribution in [3.05, 3.63) is 0 Å². The van der Waals surface area contributed by atoms with Crippen LogP contribution in [0.2, 0.25) is 0 Å². The van der Waals surface area contributed by atoms with Gasteiger partial charge >= 0.3 is 0 Å². The van der Waals surface area contributed by atoms with Gasteiger partial charge in [-0.05, 0) is 50.4 Å². The topological polar surface area (TPSA) is 29.3 Å². The number of nitrogens with two attached hydrogens (primary N) is 1. The van der Waals surface area contributed by atoms with Gasteiger partial charge in [-0.1, -0.05) is 27.7 Å². The van der Waals surface area contributed by atoms with Crippen LogP contribution in [-0.4, -0.2) is 29.1 Å². The molecule has 2 aliphatic rings. The van der Waals surface area contributed by atoms with E-state index in [1.54, 1.807) is 0 Å². The summed E-state index contributed by atoms with van der Waals surface area (Å²) in [6.07, 6.45) is 7.99. The third-order valence-electron chi connectivity index (χ3n) is 4.73. The average Bonchev–Trinajstić information content (AvgIpc) is 2.49. The Balaban J connectivity index is 2.05. The summed E-state index contributed by atoms with van der Waals surface area (Å²) in [6.45, 7) is 9.46. The molecule has 0 radical (unpaired) electrons. The molecule has 2 heterocycles. The Bertz CT molecular complexity index is 238. The van der Waals surface area contributed by atoms with Gasteiger partial charge in [0, 0.05) is 24.2 Å². The second-order valence-corrected chi connectivity index (χ2v) is 7.48. The van der Waals surface area contributed by atoms with Crippen LogP contribution in [0.3, 0.4) is 0 Å². The van der Waals surface area contributed by atoms with Crippen LogP contribution < -0.4 is 5.73 Å². The van der Waals surface area contributed by atoms with Crippen molar-refractivity contribution >= 4 is 0 Å². The zero-order valence-electron chi connectivity index (χ0n) is 12.7. The van der Waals surface area contributed by atoms with Crippen molar-refractivity contribution in [2.24, 2.45) is 17.6 Å². The van der Waals surface area contributed by atoms with Crippen LogP contribution in [-0.2, 0) is 0 Å². The quantitative estimate of drug-likeness (QED) is 0.812. The van der Waals surface area contributed by atoms with Gasteiger partial charge in [0.25, 0.3) is 0 Å². The summed E-state index contributed by atoms with van der Waals surface area (Å²) in [6, 6.07) is 2.86. The third-order valence-corrected chi connectivity index (χ3v) is 4.73. The highest BCUT2D eigenvalue weighted by atomic mass is 15.2. The Morgan fingerprint density at radius 1 is 0.944 bits per heavy atom. The summed E-state index contributed by atoms with van der Waals surface area (Å²) in [5.41, 5.74) is 6.19.